The monoisotopic (exact) mass is 273 g/mol. The van der Waals surface area contributed by atoms with Gasteiger partial charge in [-0.25, -0.2) is 4.79 Å². The van der Waals surface area contributed by atoms with Crippen LogP contribution >= 0.6 is 0 Å². The molecule has 0 N–H and O–H groups in total. The number of hydrogen-bond acceptors (Lipinski definition) is 4. The second-order valence-corrected chi connectivity index (χ2v) is 4.86. The number of esters is 1. The molecule has 0 aliphatic rings. The van der Waals surface area contributed by atoms with Crippen molar-refractivity contribution in [1.82, 2.24) is 4.90 Å². The number of hydrogen-bond donors (Lipinski definition) is 0. The van der Waals surface area contributed by atoms with E-state index in [2.05, 4.69) is 16.7 Å². The van der Waals surface area contributed by atoms with Crippen LogP contribution in [0.2, 0.25) is 0 Å². The second kappa shape index (κ2) is 6.39. The molecule has 0 fully saturated rings. The summed E-state index contributed by atoms with van der Waals surface area (Å²) in [7, 11) is 3.44. The molecule has 0 bridgehead atoms. The molecule has 0 aliphatic carbocycles. The number of furan rings is 1. The van der Waals surface area contributed by atoms with Crippen molar-refractivity contribution >= 4 is 5.97 Å². The first-order chi connectivity index (χ1) is 9.60. The second-order valence-electron chi connectivity index (χ2n) is 4.86. The topological polar surface area (TPSA) is 42.7 Å². The Morgan fingerprint density at radius 3 is 2.45 bits per heavy atom. The predicted molar refractivity (Wildman–Crippen MR) is 76.4 cm³/mol. The van der Waals surface area contributed by atoms with Crippen molar-refractivity contribution in [2.75, 3.05) is 14.2 Å². The molecule has 0 aliphatic heterocycles. The van der Waals surface area contributed by atoms with Gasteiger partial charge in [-0.15, -0.1) is 0 Å². The number of carbonyl (C=O) groups excluding carboxylic acids is 1. The van der Waals surface area contributed by atoms with E-state index in [0.717, 1.165) is 24.4 Å². The summed E-state index contributed by atoms with van der Waals surface area (Å²) in [5, 5.41) is 0. The molecule has 2 aromatic rings. The van der Waals surface area contributed by atoms with Crippen LogP contribution in [0.3, 0.4) is 0 Å². The van der Waals surface area contributed by atoms with E-state index in [1.807, 2.05) is 25.1 Å². The number of nitrogens with zero attached hydrogens (tertiary/aromatic N) is 1. The summed E-state index contributed by atoms with van der Waals surface area (Å²) in [6.07, 6.45) is 1.71. The number of ether oxygens (including phenoxy) is 1. The van der Waals surface area contributed by atoms with Crippen LogP contribution in [-0.4, -0.2) is 25.0 Å². The van der Waals surface area contributed by atoms with Crippen LogP contribution in [0.15, 0.2) is 41.0 Å². The van der Waals surface area contributed by atoms with E-state index in [1.165, 1.54) is 12.7 Å². The molecule has 20 heavy (non-hydrogen) atoms. The van der Waals surface area contributed by atoms with Crippen molar-refractivity contribution in [2.24, 2.45) is 0 Å². The van der Waals surface area contributed by atoms with Crippen molar-refractivity contribution in [2.45, 2.75) is 20.0 Å². The number of benzene rings is 1. The quantitative estimate of drug-likeness (QED) is 0.785. The van der Waals surface area contributed by atoms with E-state index in [4.69, 9.17) is 4.42 Å². The Bertz CT molecular complexity index is 572. The minimum absolute atomic E-state index is 0.307. The van der Waals surface area contributed by atoms with Gasteiger partial charge in [-0.05, 0) is 37.7 Å². The van der Waals surface area contributed by atoms with Gasteiger partial charge in [0.15, 0.2) is 0 Å². The van der Waals surface area contributed by atoms with Gasteiger partial charge in [0.25, 0.3) is 0 Å². The van der Waals surface area contributed by atoms with Crippen LogP contribution in [0.4, 0.5) is 0 Å². The maximum atomic E-state index is 11.4. The van der Waals surface area contributed by atoms with Crippen LogP contribution in [0.5, 0.6) is 0 Å². The number of rotatable bonds is 5. The number of methoxy groups -OCH3 is 1. The Labute approximate surface area is 119 Å². The minimum Gasteiger partial charge on any atom is -0.469 e. The highest BCUT2D eigenvalue weighted by Crippen LogP contribution is 2.13. The van der Waals surface area contributed by atoms with Gasteiger partial charge in [-0.1, -0.05) is 12.1 Å². The molecule has 0 atom stereocenters. The Morgan fingerprint density at radius 2 is 1.90 bits per heavy atom. The zero-order valence-corrected chi connectivity index (χ0v) is 12.1. The van der Waals surface area contributed by atoms with Gasteiger partial charge in [0.1, 0.15) is 5.76 Å². The Kier molecular flexibility index (Phi) is 4.58. The SMILES string of the molecule is COC(=O)c1ccc(CN(C)Cc2ccoc2C)cc1. The van der Waals surface area contributed by atoms with Crippen LogP contribution in [0.25, 0.3) is 0 Å². The first kappa shape index (κ1) is 14.3. The lowest BCUT2D eigenvalue weighted by molar-refractivity contribution is 0.0600. The highest BCUT2D eigenvalue weighted by Gasteiger charge is 2.08. The van der Waals surface area contributed by atoms with Crippen molar-refractivity contribution in [1.29, 1.82) is 0 Å². The summed E-state index contributed by atoms with van der Waals surface area (Å²) in [6.45, 7) is 3.61. The minimum atomic E-state index is -0.307. The van der Waals surface area contributed by atoms with Crippen molar-refractivity contribution in [3.05, 3.63) is 59.0 Å². The van der Waals surface area contributed by atoms with Crippen LogP contribution in [-0.2, 0) is 17.8 Å². The summed E-state index contributed by atoms with van der Waals surface area (Å²) >= 11 is 0. The average Bonchev–Trinajstić information content (AvgIpc) is 2.84. The normalized spacial score (nSPS) is 10.8. The fourth-order valence-corrected chi connectivity index (χ4v) is 2.10. The maximum Gasteiger partial charge on any atom is 0.337 e. The molecule has 106 valence electrons. The smallest absolute Gasteiger partial charge is 0.337 e. The molecule has 2 rings (SSSR count). The van der Waals surface area contributed by atoms with E-state index < -0.39 is 0 Å². The lowest BCUT2D eigenvalue weighted by Gasteiger charge is -2.16. The van der Waals surface area contributed by atoms with E-state index >= 15 is 0 Å². The summed E-state index contributed by atoms with van der Waals surface area (Å²) < 4.78 is 9.97. The van der Waals surface area contributed by atoms with Gasteiger partial charge in [-0.3, -0.25) is 4.90 Å². The number of aryl methyl sites for hydroxylation is 1. The lowest BCUT2D eigenvalue weighted by Crippen LogP contribution is -2.17. The van der Waals surface area contributed by atoms with Gasteiger partial charge >= 0.3 is 5.97 Å². The van der Waals surface area contributed by atoms with Crippen molar-refractivity contribution in [3.63, 3.8) is 0 Å². The first-order valence-electron chi connectivity index (χ1n) is 6.49. The molecule has 0 radical (unpaired) electrons. The maximum absolute atomic E-state index is 11.4. The molecule has 0 spiro atoms. The molecular weight excluding hydrogens is 254 g/mol. The third kappa shape index (κ3) is 3.48. The van der Waals surface area contributed by atoms with Gasteiger partial charge in [0, 0.05) is 18.7 Å². The zero-order chi connectivity index (χ0) is 14.5. The predicted octanol–water partition coefficient (Wildman–Crippen LogP) is 3.01. The first-order valence-corrected chi connectivity index (χ1v) is 6.49. The molecule has 1 aromatic heterocycles. The summed E-state index contributed by atoms with van der Waals surface area (Å²) in [6, 6.07) is 9.47. The number of carbonyl (C=O) groups is 1. The molecule has 0 unspecified atom stereocenters. The van der Waals surface area contributed by atoms with E-state index in [-0.39, 0.29) is 5.97 Å². The molecule has 4 nitrogen and oxygen atoms in total. The van der Waals surface area contributed by atoms with Crippen LogP contribution < -0.4 is 0 Å². The van der Waals surface area contributed by atoms with Gasteiger partial charge < -0.3 is 9.15 Å². The highest BCUT2D eigenvalue weighted by molar-refractivity contribution is 5.89. The molecule has 1 heterocycles. The largest absolute Gasteiger partial charge is 0.469 e. The summed E-state index contributed by atoms with van der Waals surface area (Å²) in [5.74, 6) is 0.650. The summed E-state index contributed by atoms with van der Waals surface area (Å²) in [4.78, 5) is 13.6. The fraction of sp³-hybridized carbons (Fsp3) is 0.312. The average molecular weight is 273 g/mol. The highest BCUT2D eigenvalue weighted by atomic mass is 16.5. The lowest BCUT2D eigenvalue weighted by atomic mass is 10.1. The third-order valence-corrected chi connectivity index (χ3v) is 3.23. The Morgan fingerprint density at radius 1 is 1.20 bits per heavy atom. The third-order valence-electron chi connectivity index (χ3n) is 3.23. The Balaban J connectivity index is 1.96. The van der Waals surface area contributed by atoms with Gasteiger partial charge in [0.2, 0.25) is 0 Å². The van der Waals surface area contributed by atoms with E-state index in [9.17, 15) is 4.79 Å². The summed E-state index contributed by atoms with van der Waals surface area (Å²) in [5.41, 5.74) is 2.92. The molecule has 4 heteroatoms. The zero-order valence-electron chi connectivity index (χ0n) is 12.1. The molecule has 1 aromatic carbocycles. The molecular formula is C16H19NO3. The van der Waals surface area contributed by atoms with E-state index in [0.29, 0.717) is 5.56 Å². The van der Waals surface area contributed by atoms with Gasteiger partial charge in [0.05, 0.1) is 18.9 Å². The van der Waals surface area contributed by atoms with Crippen LogP contribution in [0.1, 0.15) is 27.2 Å². The van der Waals surface area contributed by atoms with Gasteiger partial charge in [-0.2, -0.15) is 0 Å². The Hall–Kier alpha value is -2.07. The van der Waals surface area contributed by atoms with E-state index in [1.54, 1.807) is 18.4 Å². The van der Waals surface area contributed by atoms with Crippen LogP contribution in [0, 0.1) is 6.92 Å². The van der Waals surface area contributed by atoms with Crippen molar-refractivity contribution in [3.8, 4) is 0 Å². The fourth-order valence-electron chi connectivity index (χ4n) is 2.10. The van der Waals surface area contributed by atoms with Crippen molar-refractivity contribution < 1.29 is 13.9 Å². The molecule has 0 saturated heterocycles. The molecule has 0 saturated carbocycles. The molecule has 0 amide bonds. The standard InChI is InChI=1S/C16H19NO3/c1-12-15(8-9-20-12)11-17(2)10-13-4-6-14(7-5-13)16(18)19-3/h4-9H,10-11H2,1-3H3.